The van der Waals surface area contributed by atoms with Crippen molar-refractivity contribution in [1.29, 1.82) is 0 Å². The van der Waals surface area contributed by atoms with E-state index in [4.69, 9.17) is 4.42 Å². The van der Waals surface area contributed by atoms with Crippen LogP contribution in [0.25, 0.3) is 0 Å². The van der Waals surface area contributed by atoms with Gasteiger partial charge in [0.1, 0.15) is 12.3 Å². The number of nitrogens with one attached hydrogen (secondary N) is 2. The first-order chi connectivity index (χ1) is 11.9. The molecule has 0 saturated carbocycles. The lowest BCUT2D eigenvalue weighted by Gasteiger charge is -2.13. The summed E-state index contributed by atoms with van der Waals surface area (Å²) < 4.78 is 5.78. The van der Waals surface area contributed by atoms with Crippen LogP contribution in [0, 0.1) is 6.92 Å². The van der Waals surface area contributed by atoms with Crippen molar-refractivity contribution in [2.75, 3.05) is 13.1 Å². The van der Waals surface area contributed by atoms with Gasteiger partial charge in [0.25, 0.3) is 0 Å². The molecule has 0 bridgehead atoms. The van der Waals surface area contributed by atoms with Gasteiger partial charge in [-0.25, -0.2) is 15.0 Å². The summed E-state index contributed by atoms with van der Waals surface area (Å²) in [4.78, 5) is 13.4. The summed E-state index contributed by atoms with van der Waals surface area (Å²) in [7, 11) is 0. The highest BCUT2D eigenvalue weighted by Gasteiger charge is 2.18. The Kier molecular flexibility index (Phi) is 9.56. The monoisotopic (exact) mass is 491 g/mol. The van der Waals surface area contributed by atoms with Gasteiger partial charge in [-0.2, -0.15) is 0 Å². The molecule has 0 aliphatic heterocycles. The summed E-state index contributed by atoms with van der Waals surface area (Å²) in [5, 5.41) is 9.88. The maximum atomic E-state index is 5.78. The summed E-state index contributed by atoms with van der Waals surface area (Å²) in [6.45, 7) is 12.5. The van der Waals surface area contributed by atoms with Gasteiger partial charge >= 0.3 is 0 Å². The predicted molar refractivity (Wildman–Crippen MR) is 119 cm³/mol. The molecule has 2 N–H and O–H groups in total. The zero-order valence-corrected chi connectivity index (χ0v) is 19.4. The molecule has 26 heavy (non-hydrogen) atoms. The Morgan fingerprint density at radius 3 is 2.65 bits per heavy atom. The normalized spacial score (nSPS) is 12.0. The third-order valence-corrected chi connectivity index (χ3v) is 4.56. The third kappa shape index (κ3) is 7.61. The third-order valence-electron chi connectivity index (χ3n) is 3.54. The molecule has 2 aromatic heterocycles. The van der Waals surface area contributed by atoms with E-state index in [1.807, 2.05) is 6.92 Å². The van der Waals surface area contributed by atoms with Crippen LogP contribution in [0.3, 0.4) is 0 Å². The van der Waals surface area contributed by atoms with E-state index in [1.54, 1.807) is 17.5 Å². The summed E-state index contributed by atoms with van der Waals surface area (Å²) in [5.41, 5.74) is 1.06. The Morgan fingerprint density at radius 1 is 1.31 bits per heavy atom. The maximum Gasteiger partial charge on any atom is 0.216 e. The van der Waals surface area contributed by atoms with E-state index in [0.29, 0.717) is 12.4 Å². The van der Waals surface area contributed by atoms with E-state index >= 15 is 0 Å². The SMILES string of the molecule is CCNC(=NCc1ncc(C(C)(C)C)o1)NCCCc1nc(C)cs1.I. The highest BCUT2D eigenvalue weighted by molar-refractivity contribution is 14.0. The number of guanidine groups is 1. The molecule has 0 saturated heterocycles. The van der Waals surface area contributed by atoms with Gasteiger partial charge in [0.05, 0.1) is 11.2 Å². The number of hydrogen-bond acceptors (Lipinski definition) is 5. The van der Waals surface area contributed by atoms with E-state index in [1.165, 1.54) is 5.01 Å². The highest BCUT2D eigenvalue weighted by atomic mass is 127. The molecular weight excluding hydrogens is 461 g/mol. The highest BCUT2D eigenvalue weighted by Crippen LogP contribution is 2.22. The molecule has 2 aromatic rings. The van der Waals surface area contributed by atoms with Crippen LogP contribution in [0.15, 0.2) is 21.0 Å². The number of aryl methyl sites for hydroxylation is 2. The van der Waals surface area contributed by atoms with Gasteiger partial charge in [-0.15, -0.1) is 35.3 Å². The number of thiazole rings is 1. The summed E-state index contributed by atoms with van der Waals surface area (Å²) >= 11 is 1.72. The molecule has 8 heteroatoms. The van der Waals surface area contributed by atoms with Crippen molar-refractivity contribution in [3.63, 3.8) is 0 Å². The van der Waals surface area contributed by atoms with Gasteiger partial charge in [-0.1, -0.05) is 20.8 Å². The fourth-order valence-corrected chi connectivity index (χ4v) is 3.00. The van der Waals surface area contributed by atoms with Crippen LogP contribution in [-0.2, 0) is 18.4 Å². The number of nitrogens with zero attached hydrogens (tertiary/aromatic N) is 3. The van der Waals surface area contributed by atoms with Crippen molar-refractivity contribution in [2.24, 2.45) is 4.99 Å². The molecule has 0 fully saturated rings. The Bertz CT molecular complexity index is 690. The molecule has 0 aromatic carbocycles. The topological polar surface area (TPSA) is 75.3 Å². The molecule has 0 radical (unpaired) electrons. The number of rotatable bonds is 7. The second-order valence-electron chi connectivity index (χ2n) is 6.98. The number of halogens is 1. The molecule has 0 atom stereocenters. The summed E-state index contributed by atoms with van der Waals surface area (Å²) in [6.07, 6.45) is 3.80. The fraction of sp³-hybridized carbons (Fsp3) is 0.611. The van der Waals surface area contributed by atoms with Crippen LogP contribution in [0.2, 0.25) is 0 Å². The second-order valence-corrected chi connectivity index (χ2v) is 7.92. The van der Waals surface area contributed by atoms with Crippen LogP contribution in [-0.4, -0.2) is 29.0 Å². The minimum absolute atomic E-state index is 0. The Morgan fingerprint density at radius 2 is 2.08 bits per heavy atom. The Hall–Kier alpha value is -1.16. The predicted octanol–water partition coefficient (Wildman–Crippen LogP) is 4.04. The smallest absolute Gasteiger partial charge is 0.216 e. The average Bonchev–Trinajstić information content (AvgIpc) is 3.17. The lowest BCUT2D eigenvalue weighted by atomic mass is 9.94. The Balaban J connectivity index is 0.00000338. The first-order valence-electron chi connectivity index (χ1n) is 8.77. The molecule has 0 spiro atoms. The quantitative estimate of drug-likeness (QED) is 0.265. The molecule has 0 unspecified atom stereocenters. The van der Waals surface area contributed by atoms with Crippen molar-refractivity contribution in [3.05, 3.63) is 33.9 Å². The van der Waals surface area contributed by atoms with Crippen molar-refractivity contribution in [1.82, 2.24) is 20.6 Å². The van der Waals surface area contributed by atoms with E-state index < -0.39 is 0 Å². The number of hydrogen-bond donors (Lipinski definition) is 2. The van der Waals surface area contributed by atoms with Crippen LogP contribution in [0.5, 0.6) is 0 Å². The minimum Gasteiger partial charge on any atom is -0.443 e. The first kappa shape index (κ1) is 22.9. The van der Waals surface area contributed by atoms with Gasteiger partial charge in [-0.3, -0.25) is 0 Å². The molecule has 2 rings (SSSR count). The van der Waals surface area contributed by atoms with Gasteiger partial charge in [0.15, 0.2) is 5.96 Å². The van der Waals surface area contributed by atoms with Crippen LogP contribution in [0.1, 0.15) is 56.5 Å². The van der Waals surface area contributed by atoms with E-state index in [-0.39, 0.29) is 29.4 Å². The van der Waals surface area contributed by atoms with Crippen molar-refractivity contribution in [3.8, 4) is 0 Å². The van der Waals surface area contributed by atoms with E-state index in [2.05, 4.69) is 58.7 Å². The number of oxazole rings is 1. The van der Waals surface area contributed by atoms with Gasteiger partial charge in [0.2, 0.25) is 5.89 Å². The molecule has 0 aliphatic carbocycles. The zero-order valence-electron chi connectivity index (χ0n) is 16.3. The van der Waals surface area contributed by atoms with E-state index in [0.717, 1.165) is 43.3 Å². The van der Waals surface area contributed by atoms with Gasteiger partial charge < -0.3 is 15.1 Å². The minimum atomic E-state index is -0.0358. The summed E-state index contributed by atoms with van der Waals surface area (Å²) in [5.74, 6) is 2.31. The van der Waals surface area contributed by atoms with Gasteiger partial charge in [-0.05, 0) is 20.3 Å². The number of aliphatic imine (C=N–C) groups is 1. The number of aromatic nitrogens is 2. The lowest BCUT2D eigenvalue weighted by Crippen LogP contribution is -2.37. The van der Waals surface area contributed by atoms with Crippen LogP contribution in [0.4, 0.5) is 0 Å². The molecule has 0 aliphatic rings. The molecule has 6 nitrogen and oxygen atoms in total. The molecule has 2 heterocycles. The largest absolute Gasteiger partial charge is 0.443 e. The molecule has 0 amide bonds. The molecule has 146 valence electrons. The standard InChI is InChI=1S/C18H29N5OS.HI/c1-6-19-17(20-9-7-8-16-23-13(2)12-25-16)22-11-15-21-10-14(24-15)18(3,4)5;/h10,12H,6-9,11H2,1-5H3,(H2,19,20,22);1H. The van der Waals surface area contributed by atoms with Crippen LogP contribution < -0.4 is 10.6 Å². The van der Waals surface area contributed by atoms with E-state index in [9.17, 15) is 0 Å². The lowest BCUT2D eigenvalue weighted by molar-refractivity contribution is 0.383. The van der Waals surface area contributed by atoms with Crippen molar-refractivity contribution < 1.29 is 4.42 Å². The zero-order chi connectivity index (χ0) is 18.3. The maximum absolute atomic E-state index is 5.78. The summed E-state index contributed by atoms with van der Waals surface area (Å²) in [6, 6.07) is 0. The first-order valence-corrected chi connectivity index (χ1v) is 9.65. The second kappa shape index (κ2) is 10.9. The Labute approximate surface area is 177 Å². The van der Waals surface area contributed by atoms with Crippen LogP contribution >= 0.6 is 35.3 Å². The van der Waals surface area contributed by atoms with Gasteiger partial charge in [0, 0.05) is 36.0 Å². The van der Waals surface area contributed by atoms with Crippen molar-refractivity contribution >= 4 is 41.3 Å². The average molecular weight is 491 g/mol. The van der Waals surface area contributed by atoms with Crippen molar-refractivity contribution in [2.45, 2.75) is 59.4 Å². The molecular formula is C18H30IN5OS. The fourth-order valence-electron chi connectivity index (χ4n) is 2.18.